The topological polar surface area (TPSA) is 42.2 Å². The number of pyridine rings is 1. The number of rotatable bonds is 5. The summed E-state index contributed by atoms with van der Waals surface area (Å²) in [6, 6.07) is 6.47. The van der Waals surface area contributed by atoms with Gasteiger partial charge in [0, 0.05) is 31.5 Å². The lowest BCUT2D eigenvalue weighted by atomic mass is 10.1. The second kappa shape index (κ2) is 6.43. The minimum Gasteiger partial charge on any atom is -0.329 e. The van der Waals surface area contributed by atoms with E-state index in [-0.39, 0.29) is 6.04 Å². The van der Waals surface area contributed by atoms with E-state index in [1.807, 2.05) is 24.5 Å². The summed E-state index contributed by atoms with van der Waals surface area (Å²) in [4.78, 5) is 6.30. The fourth-order valence-electron chi connectivity index (χ4n) is 1.96. The minimum atomic E-state index is 0.251. The van der Waals surface area contributed by atoms with Crippen molar-refractivity contribution in [2.45, 2.75) is 12.6 Å². The molecule has 0 aliphatic carbocycles. The van der Waals surface area contributed by atoms with Crippen LogP contribution in [0.15, 0.2) is 39.8 Å². The smallest absolute Gasteiger partial charge is 0.0701 e. The van der Waals surface area contributed by atoms with Crippen LogP contribution in [0.1, 0.15) is 17.2 Å². The standard InChI is InChI=1S/C13H16BrN3S/c1-17(8-10-2-4-16-5-3-10)12(7-15)11-6-13(14)18-9-11/h2-6,9,12H,7-8,15H2,1H3. The quantitative estimate of drug-likeness (QED) is 0.918. The Morgan fingerprint density at radius 1 is 1.44 bits per heavy atom. The van der Waals surface area contributed by atoms with Crippen molar-refractivity contribution in [1.29, 1.82) is 0 Å². The molecule has 1 unspecified atom stereocenters. The zero-order valence-electron chi connectivity index (χ0n) is 10.2. The van der Waals surface area contributed by atoms with Crippen molar-refractivity contribution >= 4 is 27.3 Å². The molecule has 0 radical (unpaired) electrons. The van der Waals surface area contributed by atoms with Crippen molar-refractivity contribution in [3.63, 3.8) is 0 Å². The Hall–Kier alpha value is -0.750. The summed E-state index contributed by atoms with van der Waals surface area (Å²) in [5, 5.41) is 2.16. The molecule has 1 atom stereocenters. The highest BCUT2D eigenvalue weighted by molar-refractivity contribution is 9.11. The van der Waals surface area contributed by atoms with Gasteiger partial charge in [0.05, 0.1) is 3.79 Å². The van der Waals surface area contributed by atoms with Gasteiger partial charge in [-0.15, -0.1) is 11.3 Å². The molecule has 2 aromatic heterocycles. The maximum absolute atomic E-state index is 5.90. The first-order chi connectivity index (χ1) is 8.70. The molecule has 96 valence electrons. The molecule has 0 bridgehead atoms. The number of nitrogens with zero attached hydrogens (tertiary/aromatic N) is 2. The van der Waals surface area contributed by atoms with Gasteiger partial charge in [0.15, 0.2) is 0 Å². The van der Waals surface area contributed by atoms with Gasteiger partial charge < -0.3 is 5.73 Å². The molecule has 2 rings (SSSR count). The van der Waals surface area contributed by atoms with Gasteiger partial charge in [-0.3, -0.25) is 9.88 Å². The summed E-state index contributed by atoms with van der Waals surface area (Å²) in [5.74, 6) is 0. The summed E-state index contributed by atoms with van der Waals surface area (Å²) >= 11 is 5.19. The fourth-order valence-corrected chi connectivity index (χ4v) is 3.18. The van der Waals surface area contributed by atoms with E-state index in [1.54, 1.807) is 11.3 Å². The first-order valence-corrected chi connectivity index (χ1v) is 7.41. The first-order valence-electron chi connectivity index (χ1n) is 5.74. The van der Waals surface area contributed by atoms with Crippen LogP contribution >= 0.6 is 27.3 Å². The molecule has 0 aromatic carbocycles. The van der Waals surface area contributed by atoms with E-state index in [9.17, 15) is 0 Å². The molecule has 0 fully saturated rings. The molecule has 0 aliphatic rings. The Morgan fingerprint density at radius 2 is 2.17 bits per heavy atom. The second-order valence-electron chi connectivity index (χ2n) is 4.21. The molecule has 0 aliphatic heterocycles. The number of halogens is 1. The maximum atomic E-state index is 5.90. The van der Waals surface area contributed by atoms with Crippen molar-refractivity contribution in [2.24, 2.45) is 5.73 Å². The van der Waals surface area contributed by atoms with Crippen LogP contribution in [0.4, 0.5) is 0 Å². The van der Waals surface area contributed by atoms with Gasteiger partial charge in [0.1, 0.15) is 0 Å². The van der Waals surface area contributed by atoms with Gasteiger partial charge in [-0.2, -0.15) is 0 Å². The van der Waals surface area contributed by atoms with Gasteiger partial charge in [-0.05, 0) is 57.7 Å². The molecule has 0 saturated heterocycles. The number of thiophene rings is 1. The zero-order valence-corrected chi connectivity index (χ0v) is 12.6. The van der Waals surface area contributed by atoms with Crippen molar-refractivity contribution in [1.82, 2.24) is 9.88 Å². The Labute approximate surface area is 120 Å². The lowest BCUT2D eigenvalue weighted by Gasteiger charge is -2.26. The molecule has 18 heavy (non-hydrogen) atoms. The third kappa shape index (κ3) is 3.38. The Kier molecular flexibility index (Phi) is 4.88. The summed E-state index contributed by atoms with van der Waals surface area (Å²) in [6.45, 7) is 1.49. The van der Waals surface area contributed by atoms with Gasteiger partial charge >= 0.3 is 0 Å². The van der Waals surface area contributed by atoms with Crippen molar-refractivity contribution in [2.75, 3.05) is 13.6 Å². The van der Waals surface area contributed by atoms with E-state index in [2.05, 4.69) is 44.3 Å². The van der Waals surface area contributed by atoms with Gasteiger partial charge in [-0.1, -0.05) is 0 Å². The monoisotopic (exact) mass is 325 g/mol. The summed E-state index contributed by atoms with van der Waals surface area (Å²) < 4.78 is 1.15. The molecule has 2 N–H and O–H groups in total. The SMILES string of the molecule is CN(Cc1ccncc1)C(CN)c1csc(Br)c1. The largest absolute Gasteiger partial charge is 0.329 e. The Morgan fingerprint density at radius 3 is 2.72 bits per heavy atom. The van der Waals surface area contributed by atoms with Gasteiger partial charge in [0.25, 0.3) is 0 Å². The van der Waals surface area contributed by atoms with Crippen LogP contribution in [0.25, 0.3) is 0 Å². The summed E-state index contributed by atoms with van der Waals surface area (Å²) in [5.41, 5.74) is 8.42. The van der Waals surface area contributed by atoms with Crippen LogP contribution in [0, 0.1) is 0 Å². The number of hydrogen-bond donors (Lipinski definition) is 1. The number of hydrogen-bond acceptors (Lipinski definition) is 4. The number of nitrogens with two attached hydrogens (primary N) is 1. The molecule has 5 heteroatoms. The maximum Gasteiger partial charge on any atom is 0.0701 e. The van der Waals surface area contributed by atoms with Crippen LogP contribution in [-0.2, 0) is 6.54 Å². The third-order valence-electron chi connectivity index (χ3n) is 2.91. The lowest BCUT2D eigenvalue weighted by molar-refractivity contribution is 0.242. The predicted molar refractivity (Wildman–Crippen MR) is 79.5 cm³/mol. The number of aromatic nitrogens is 1. The summed E-state index contributed by atoms with van der Waals surface area (Å²) in [6.07, 6.45) is 3.64. The van der Waals surface area contributed by atoms with Crippen LogP contribution in [0.5, 0.6) is 0 Å². The predicted octanol–water partition coefficient (Wildman–Crippen LogP) is 3.04. The Bertz CT molecular complexity index is 486. The van der Waals surface area contributed by atoms with Crippen LogP contribution in [0.2, 0.25) is 0 Å². The first kappa shape index (κ1) is 13.7. The van der Waals surface area contributed by atoms with Crippen LogP contribution < -0.4 is 5.73 Å². The zero-order chi connectivity index (χ0) is 13.0. The van der Waals surface area contributed by atoms with Crippen LogP contribution in [0.3, 0.4) is 0 Å². The van der Waals surface area contributed by atoms with E-state index in [0.29, 0.717) is 6.54 Å². The van der Waals surface area contributed by atoms with E-state index in [0.717, 1.165) is 10.3 Å². The number of likely N-dealkylation sites (N-methyl/N-ethyl adjacent to an activating group) is 1. The minimum absolute atomic E-state index is 0.251. The molecule has 0 saturated carbocycles. The van der Waals surface area contributed by atoms with Crippen molar-refractivity contribution in [3.8, 4) is 0 Å². The molecule has 3 nitrogen and oxygen atoms in total. The summed E-state index contributed by atoms with van der Waals surface area (Å²) in [7, 11) is 2.10. The molecular formula is C13H16BrN3S. The highest BCUT2D eigenvalue weighted by Gasteiger charge is 2.16. The van der Waals surface area contributed by atoms with Gasteiger partial charge in [0.2, 0.25) is 0 Å². The molecular weight excluding hydrogens is 310 g/mol. The van der Waals surface area contributed by atoms with E-state index in [1.165, 1.54) is 11.1 Å². The average molecular weight is 326 g/mol. The average Bonchev–Trinajstić information content (AvgIpc) is 2.78. The Balaban J connectivity index is 2.08. The molecule has 2 heterocycles. The van der Waals surface area contributed by atoms with E-state index < -0.39 is 0 Å². The van der Waals surface area contributed by atoms with Crippen molar-refractivity contribution < 1.29 is 0 Å². The second-order valence-corrected chi connectivity index (χ2v) is 6.50. The lowest BCUT2D eigenvalue weighted by Crippen LogP contribution is -2.29. The fraction of sp³-hybridized carbons (Fsp3) is 0.308. The normalized spacial score (nSPS) is 12.9. The highest BCUT2D eigenvalue weighted by atomic mass is 79.9. The highest BCUT2D eigenvalue weighted by Crippen LogP contribution is 2.28. The molecule has 0 spiro atoms. The van der Waals surface area contributed by atoms with E-state index in [4.69, 9.17) is 5.73 Å². The molecule has 2 aromatic rings. The third-order valence-corrected chi connectivity index (χ3v) is 4.43. The van der Waals surface area contributed by atoms with Crippen molar-refractivity contribution in [3.05, 3.63) is 50.9 Å². The van der Waals surface area contributed by atoms with Crippen LogP contribution in [-0.4, -0.2) is 23.5 Å². The molecule has 0 amide bonds. The van der Waals surface area contributed by atoms with E-state index >= 15 is 0 Å². The van der Waals surface area contributed by atoms with Gasteiger partial charge in [-0.25, -0.2) is 0 Å².